The minimum Gasteiger partial charge on any atom is -0.469 e. The quantitative estimate of drug-likeness (QED) is 0.584. The van der Waals surface area contributed by atoms with E-state index in [1.165, 1.54) is 26.0 Å². The molecule has 0 N–H and O–H groups in total. The Morgan fingerprint density at radius 3 is 2.44 bits per heavy atom. The van der Waals surface area contributed by atoms with Crippen molar-refractivity contribution in [1.29, 1.82) is 0 Å². The summed E-state index contributed by atoms with van der Waals surface area (Å²) in [4.78, 5) is 23.2. The second-order valence-corrected chi connectivity index (χ2v) is 4.57. The molecule has 0 aliphatic rings. The number of ether oxygens (including phenoxy) is 2. The van der Waals surface area contributed by atoms with Gasteiger partial charge in [0.15, 0.2) is 0 Å². The van der Waals surface area contributed by atoms with E-state index in [4.69, 9.17) is 0 Å². The largest absolute Gasteiger partial charge is 0.469 e. The predicted molar refractivity (Wildman–Crippen MR) is 69.5 cm³/mol. The zero-order valence-corrected chi connectivity index (χ0v) is 11.3. The third kappa shape index (κ3) is 4.79. The van der Waals surface area contributed by atoms with Gasteiger partial charge < -0.3 is 9.47 Å². The molecule has 0 aliphatic carbocycles. The van der Waals surface area contributed by atoms with E-state index < -0.39 is 0 Å². The van der Waals surface area contributed by atoms with E-state index in [2.05, 4.69) is 9.47 Å². The van der Waals surface area contributed by atoms with Gasteiger partial charge in [0.2, 0.25) is 0 Å². The highest BCUT2D eigenvalue weighted by molar-refractivity contribution is 8.00. The van der Waals surface area contributed by atoms with Gasteiger partial charge in [0.1, 0.15) is 0 Å². The van der Waals surface area contributed by atoms with Crippen molar-refractivity contribution in [2.24, 2.45) is 0 Å². The first-order chi connectivity index (χ1) is 8.67. The van der Waals surface area contributed by atoms with E-state index >= 15 is 0 Å². The number of esters is 2. The Kier molecular flexibility index (Phi) is 6.28. The standard InChI is InChI=1S/C13H16O4S/c1-16-12(14)8-7-10-5-3-4-6-11(10)18-9-13(15)17-2/h3-6H,7-9H2,1-2H3. The monoisotopic (exact) mass is 268 g/mol. The van der Waals surface area contributed by atoms with Crippen molar-refractivity contribution >= 4 is 23.7 Å². The van der Waals surface area contributed by atoms with Gasteiger partial charge >= 0.3 is 11.9 Å². The van der Waals surface area contributed by atoms with E-state index in [1.54, 1.807) is 0 Å². The minimum atomic E-state index is -0.261. The number of hydrogen-bond donors (Lipinski definition) is 0. The van der Waals surface area contributed by atoms with Crippen molar-refractivity contribution in [3.8, 4) is 0 Å². The highest BCUT2D eigenvalue weighted by Gasteiger charge is 2.08. The van der Waals surface area contributed by atoms with Gasteiger partial charge in [-0.25, -0.2) is 0 Å². The zero-order valence-electron chi connectivity index (χ0n) is 10.5. The second kappa shape index (κ2) is 7.76. The normalized spacial score (nSPS) is 9.89. The van der Waals surface area contributed by atoms with Crippen molar-refractivity contribution in [3.63, 3.8) is 0 Å². The molecule has 5 heteroatoms. The highest BCUT2D eigenvalue weighted by atomic mass is 32.2. The third-order valence-corrected chi connectivity index (χ3v) is 3.46. The molecule has 0 spiro atoms. The molecule has 0 bridgehead atoms. The maximum Gasteiger partial charge on any atom is 0.315 e. The minimum absolute atomic E-state index is 0.234. The molecule has 0 aliphatic heterocycles. The van der Waals surface area contributed by atoms with E-state index in [-0.39, 0.29) is 17.7 Å². The molecule has 0 fully saturated rings. The van der Waals surface area contributed by atoms with Gasteiger partial charge in [-0.05, 0) is 18.1 Å². The number of carbonyl (C=O) groups excluding carboxylic acids is 2. The highest BCUT2D eigenvalue weighted by Crippen LogP contribution is 2.23. The fourth-order valence-corrected chi connectivity index (χ4v) is 2.31. The molecule has 0 heterocycles. The summed E-state index contributed by atoms with van der Waals surface area (Å²) in [6, 6.07) is 7.69. The summed E-state index contributed by atoms with van der Waals surface area (Å²) in [6.07, 6.45) is 0.948. The summed E-state index contributed by atoms with van der Waals surface area (Å²) in [5, 5.41) is 0. The lowest BCUT2D eigenvalue weighted by atomic mass is 10.1. The van der Waals surface area contributed by atoms with Crippen LogP contribution in [0.25, 0.3) is 0 Å². The molecular weight excluding hydrogens is 252 g/mol. The topological polar surface area (TPSA) is 52.6 Å². The first-order valence-electron chi connectivity index (χ1n) is 5.51. The first kappa shape index (κ1) is 14.6. The van der Waals surface area contributed by atoms with Crippen LogP contribution in [0.2, 0.25) is 0 Å². The fraction of sp³-hybridized carbons (Fsp3) is 0.385. The SMILES string of the molecule is COC(=O)CCc1ccccc1SCC(=O)OC. The Morgan fingerprint density at radius 2 is 1.78 bits per heavy atom. The Labute approximate surface area is 111 Å². The molecule has 1 aromatic carbocycles. The van der Waals surface area contributed by atoms with Crippen molar-refractivity contribution in [2.75, 3.05) is 20.0 Å². The number of benzene rings is 1. The van der Waals surface area contributed by atoms with Crippen LogP contribution in [0.15, 0.2) is 29.2 Å². The molecule has 0 unspecified atom stereocenters. The molecular formula is C13H16O4S. The molecule has 0 saturated heterocycles. The van der Waals surface area contributed by atoms with E-state index in [0.717, 1.165) is 10.5 Å². The lowest BCUT2D eigenvalue weighted by molar-refractivity contribution is -0.140. The molecule has 0 amide bonds. The molecule has 4 nitrogen and oxygen atoms in total. The van der Waals surface area contributed by atoms with Crippen molar-refractivity contribution in [3.05, 3.63) is 29.8 Å². The molecule has 0 aromatic heterocycles. The van der Waals surface area contributed by atoms with Crippen LogP contribution in [0.4, 0.5) is 0 Å². The van der Waals surface area contributed by atoms with Crippen LogP contribution >= 0.6 is 11.8 Å². The summed E-state index contributed by atoms with van der Waals surface area (Å²) in [6.45, 7) is 0. The predicted octanol–water partition coefficient (Wildman–Crippen LogP) is 2.06. The zero-order chi connectivity index (χ0) is 13.4. The van der Waals surface area contributed by atoms with Crippen LogP contribution in [-0.4, -0.2) is 31.9 Å². The van der Waals surface area contributed by atoms with Crippen LogP contribution in [0.1, 0.15) is 12.0 Å². The summed E-state index contributed by atoms with van der Waals surface area (Å²) in [5.74, 6) is -0.225. The molecule has 1 rings (SSSR count). The number of thioether (sulfide) groups is 1. The van der Waals surface area contributed by atoms with E-state index in [0.29, 0.717) is 12.8 Å². The summed E-state index contributed by atoms with van der Waals surface area (Å²) >= 11 is 1.41. The Balaban J connectivity index is 2.61. The summed E-state index contributed by atoms with van der Waals surface area (Å²) in [5.41, 5.74) is 1.04. The van der Waals surface area contributed by atoms with Gasteiger partial charge in [-0.15, -0.1) is 11.8 Å². The average molecular weight is 268 g/mol. The molecule has 18 heavy (non-hydrogen) atoms. The number of methoxy groups -OCH3 is 2. The van der Waals surface area contributed by atoms with Crippen LogP contribution in [-0.2, 0) is 25.5 Å². The summed E-state index contributed by atoms with van der Waals surface area (Å²) < 4.78 is 9.20. The maximum absolute atomic E-state index is 11.1. The molecule has 1 aromatic rings. The van der Waals surface area contributed by atoms with Crippen molar-refractivity contribution in [2.45, 2.75) is 17.7 Å². The van der Waals surface area contributed by atoms with Crippen LogP contribution in [0.5, 0.6) is 0 Å². The number of hydrogen-bond acceptors (Lipinski definition) is 5. The molecule has 98 valence electrons. The van der Waals surface area contributed by atoms with Gasteiger partial charge in [-0.3, -0.25) is 9.59 Å². The second-order valence-electron chi connectivity index (χ2n) is 3.55. The summed E-state index contributed by atoms with van der Waals surface area (Å²) in [7, 11) is 2.74. The van der Waals surface area contributed by atoms with E-state index in [9.17, 15) is 9.59 Å². The van der Waals surface area contributed by atoms with Gasteiger partial charge in [-0.1, -0.05) is 18.2 Å². The molecule has 0 radical (unpaired) electrons. The Bertz CT molecular complexity index is 378. The first-order valence-corrected chi connectivity index (χ1v) is 6.50. The number of rotatable bonds is 6. The molecule has 0 atom stereocenters. The average Bonchev–Trinajstić information content (AvgIpc) is 2.42. The Morgan fingerprint density at radius 1 is 1.11 bits per heavy atom. The fourth-order valence-electron chi connectivity index (χ4n) is 1.39. The lowest BCUT2D eigenvalue weighted by Gasteiger charge is -2.07. The molecule has 0 saturated carbocycles. The Hall–Kier alpha value is -1.49. The van der Waals surface area contributed by atoms with Crippen LogP contribution in [0.3, 0.4) is 0 Å². The van der Waals surface area contributed by atoms with Crippen LogP contribution in [0, 0.1) is 0 Å². The third-order valence-electron chi connectivity index (χ3n) is 2.37. The van der Waals surface area contributed by atoms with E-state index in [1.807, 2.05) is 24.3 Å². The van der Waals surface area contributed by atoms with Gasteiger partial charge in [0, 0.05) is 11.3 Å². The number of aryl methyl sites for hydroxylation is 1. The van der Waals surface area contributed by atoms with Gasteiger partial charge in [-0.2, -0.15) is 0 Å². The van der Waals surface area contributed by atoms with Crippen molar-refractivity contribution < 1.29 is 19.1 Å². The van der Waals surface area contributed by atoms with Gasteiger partial charge in [0.25, 0.3) is 0 Å². The lowest BCUT2D eigenvalue weighted by Crippen LogP contribution is -2.05. The number of carbonyl (C=O) groups is 2. The maximum atomic E-state index is 11.1. The van der Waals surface area contributed by atoms with Crippen LogP contribution < -0.4 is 0 Å². The smallest absolute Gasteiger partial charge is 0.315 e. The van der Waals surface area contributed by atoms with Gasteiger partial charge in [0.05, 0.1) is 20.0 Å². The van der Waals surface area contributed by atoms with Crippen molar-refractivity contribution in [1.82, 2.24) is 0 Å².